The van der Waals surface area contributed by atoms with Gasteiger partial charge in [0.15, 0.2) is 0 Å². The van der Waals surface area contributed by atoms with Crippen LogP contribution in [0, 0.1) is 0 Å². The second kappa shape index (κ2) is 7.73. The van der Waals surface area contributed by atoms with Gasteiger partial charge in [0.05, 0.1) is 0 Å². The monoisotopic (exact) mass is 288 g/mol. The molecule has 1 rings (SSSR count). The van der Waals surface area contributed by atoms with Gasteiger partial charge in [-0.1, -0.05) is 63.1 Å². The van der Waals surface area contributed by atoms with Gasteiger partial charge in [0, 0.05) is 10.6 Å². The maximum absolute atomic E-state index is 2.27. The van der Waals surface area contributed by atoms with E-state index in [0.29, 0.717) is 0 Å². The topological polar surface area (TPSA) is 0 Å². The molecule has 0 aliphatic rings. The molecule has 1 aromatic rings. The molecule has 0 amide bonds. The molecule has 0 radical (unpaired) electrons. The first kappa shape index (κ1) is 17.1. The van der Waals surface area contributed by atoms with E-state index >= 15 is 0 Å². The predicted octanol–water partition coefficient (Wildman–Crippen LogP) is 6.38. The fourth-order valence-corrected chi connectivity index (χ4v) is 2.76. The third kappa shape index (κ3) is 6.00. The standard InChI is InChI=1S/C19H28S/c1-7-16(9-8-15(2)3)14-20-18-12-10-17(11-13-18)19(4,5)6/h8-13H,7,14H2,1-6H3/b16-9+. The quantitative estimate of drug-likeness (QED) is 0.447. The lowest BCUT2D eigenvalue weighted by atomic mass is 9.87. The highest BCUT2D eigenvalue weighted by atomic mass is 32.2. The maximum atomic E-state index is 2.27. The van der Waals surface area contributed by atoms with E-state index < -0.39 is 0 Å². The van der Waals surface area contributed by atoms with Crippen molar-refractivity contribution in [3.05, 3.63) is 53.1 Å². The Morgan fingerprint density at radius 1 is 1.05 bits per heavy atom. The summed E-state index contributed by atoms with van der Waals surface area (Å²) in [5, 5.41) is 0. The molecule has 0 bridgehead atoms. The van der Waals surface area contributed by atoms with E-state index in [1.807, 2.05) is 11.8 Å². The lowest BCUT2D eigenvalue weighted by molar-refractivity contribution is 0.590. The largest absolute Gasteiger partial charge is 0.122 e. The van der Waals surface area contributed by atoms with Crippen LogP contribution in [0.2, 0.25) is 0 Å². The molecule has 20 heavy (non-hydrogen) atoms. The van der Waals surface area contributed by atoms with Gasteiger partial charge in [-0.05, 0) is 43.4 Å². The molecule has 0 nitrogen and oxygen atoms in total. The molecule has 0 spiro atoms. The molecule has 1 heteroatoms. The van der Waals surface area contributed by atoms with Gasteiger partial charge in [-0.2, -0.15) is 0 Å². The molecule has 0 aliphatic heterocycles. The number of benzene rings is 1. The fraction of sp³-hybridized carbons (Fsp3) is 0.474. The minimum atomic E-state index is 0.237. The van der Waals surface area contributed by atoms with Gasteiger partial charge in [-0.25, -0.2) is 0 Å². The van der Waals surface area contributed by atoms with E-state index in [9.17, 15) is 0 Å². The molecule has 0 fully saturated rings. The number of rotatable bonds is 5. The molecule has 0 saturated carbocycles. The van der Waals surface area contributed by atoms with E-state index in [-0.39, 0.29) is 5.41 Å². The van der Waals surface area contributed by atoms with Crippen molar-refractivity contribution in [2.45, 2.75) is 58.3 Å². The Hall–Kier alpha value is -0.950. The highest BCUT2D eigenvalue weighted by Crippen LogP contribution is 2.27. The number of hydrogen-bond donors (Lipinski definition) is 0. The van der Waals surface area contributed by atoms with E-state index in [2.05, 4.69) is 78.0 Å². The van der Waals surface area contributed by atoms with Crippen LogP contribution < -0.4 is 0 Å². The second-order valence-electron chi connectivity index (χ2n) is 6.49. The first-order chi connectivity index (χ1) is 9.32. The van der Waals surface area contributed by atoms with Gasteiger partial charge in [-0.3, -0.25) is 0 Å². The van der Waals surface area contributed by atoms with Crippen LogP contribution in [0.4, 0.5) is 0 Å². The average Bonchev–Trinajstić information content (AvgIpc) is 2.38. The lowest BCUT2D eigenvalue weighted by Gasteiger charge is -2.19. The minimum Gasteiger partial charge on any atom is -0.122 e. The zero-order chi connectivity index (χ0) is 15.2. The highest BCUT2D eigenvalue weighted by molar-refractivity contribution is 7.99. The molecule has 0 N–H and O–H groups in total. The molecule has 0 aromatic heterocycles. The van der Waals surface area contributed by atoms with Crippen LogP contribution in [-0.2, 0) is 5.41 Å². The summed E-state index contributed by atoms with van der Waals surface area (Å²) in [6.45, 7) is 13.3. The van der Waals surface area contributed by atoms with Crippen LogP contribution >= 0.6 is 11.8 Å². The van der Waals surface area contributed by atoms with Gasteiger partial charge in [0.2, 0.25) is 0 Å². The van der Waals surface area contributed by atoms with Crippen molar-refractivity contribution >= 4 is 11.8 Å². The van der Waals surface area contributed by atoms with E-state index in [1.54, 1.807) is 0 Å². The SMILES string of the molecule is CC/C(=C\C=C(C)C)CSc1ccc(C(C)(C)C)cc1. The van der Waals surface area contributed by atoms with Crippen LogP contribution in [-0.4, -0.2) is 5.75 Å². The van der Waals surface area contributed by atoms with Crippen LogP contribution in [0.3, 0.4) is 0 Å². The molecule has 1 aromatic carbocycles. The Bertz CT molecular complexity index is 465. The van der Waals surface area contributed by atoms with Gasteiger partial charge < -0.3 is 0 Å². The summed E-state index contributed by atoms with van der Waals surface area (Å²) in [5.41, 5.74) is 4.49. The third-order valence-electron chi connectivity index (χ3n) is 3.25. The Labute approximate surface area is 129 Å². The van der Waals surface area contributed by atoms with E-state index in [1.165, 1.54) is 21.6 Å². The van der Waals surface area contributed by atoms with Crippen molar-refractivity contribution in [3.63, 3.8) is 0 Å². The summed E-state index contributed by atoms with van der Waals surface area (Å²) >= 11 is 1.93. The van der Waals surface area contributed by atoms with Crippen molar-refractivity contribution in [3.8, 4) is 0 Å². The van der Waals surface area contributed by atoms with Crippen molar-refractivity contribution < 1.29 is 0 Å². The van der Waals surface area contributed by atoms with Crippen LogP contribution in [0.5, 0.6) is 0 Å². The van der Waals surface area contributed by atoms with Crippen molar-refractivity contribution in [1.82, 2.24) is 0 Å². The Morgan fingerprint density at radius 2 is 1.65 bits per heavy atom. The summed E-state index contributed by atoms with van der Waals surface area (Å²) in [4.78, 5) is 1.36. The highest BCUT2D eigenvalue weighted by Gasteiger charge is 2.12. The molecule has 0 aliphatic carbocycles. The van der Waals surface area contributed by atoms with Crippen molar-refractivity contribution in [2.24, 2.45) is 0 Å². The molecule has 0 atom stereocenters. The summed E-state index contributed by atoms with van der Waals surface area (Å²) in [6.07, 6.45) is 5.60. The molecule has 0 heterocycles. The first-order valence-corrected chi connectivity index (χ1v) is 8.37. The number of allylic oxidation sites excluding steroid dienone is 3. The summed E-state index contributed by atoms with van der Waals surface area (Å²) < 4.78 is 0. The normalized spacial score (nSPS) is 12.4. The number of thioether (sulfide) groups is 1. The van der Waals surface area contributed by atoms with Crippen LogP contribution in [0.15, 0.2) is 52.5 Å². The Morgan fingerprint density at radius 3 is 2.10 bits per heavy atom. The lowest BCUT2D eigenvalue weighted by Crippen LogP contribution is -2.10. The second-order valence-corrected chi connectivity index (χ2v) is 7.53. The Balaban J connectivity index is 2.66. The zero-order valence-electron chi connectivity index (χ0n) is 13.8. The average molecular weight is 288 g/mol. The smallest absolute Gasteiger partial charge is 0.0193 e. The summed E-state index contributed by atoms with van der Waals surface area (Å²) in [5.74, 6) is 1.08. The fourth-order valence-electron chi connectivity index (χ4n) is 1.78. The van der Waals surface area contributed by atoms with Crippen LogP contribution in [0.25, 0.3) is 0 Å². The summed E-state index contributed by atoms with van der Waals surface area (Å²) in [7, 11) is 0. The summed E-state index contributed by atoms with van der Waals surface area (Å²) in [6, 6.07) is 9.01. The van der Waals surface area contributed by atoms with Crippen molar-refractivity contribution in [1.29, 1.82) is 0 Å². The molecule has 110 valence electrons. The predicted molar refractivity (Wildman–Crippen MR) is 93.7 cm³/mol. The van der Waals surface area contributed by atoms with Gasteiger partial charge >= 0.3 is 0 Å². The molecule has 0 saturated heterocycles. The van der Waals surface area contributed by atoms with Gasteiger partial charge in [-0.15, -0.1) is 11.8 Å². The van der Waals surface area contributed by atoms with Crippen molar-refractivity contribution in [2.75, 3.05) is 5.75 Å². The van der Waals surface area contributed by atoms with E-state index in [4.69, 9.17) is 0 Å². The third-order valence-corrected chi connectivity index (χ3v) is 4.37. The first-order valence-electron chi connectivity index (χ1n) is 7.39. The van der Waals surface area contributed by atoms with Crippen LogP contribution in [0.1, 0.15) is 53.5 Å². The van der Waals surface area contributed by atoms with Gasteiger partial charge in [0.1, 0.15) is 0 Å². The zero-order valence-corrected chi connectivity index (χ0v) is 14.6. The van der Waals surface area contributed by atoms with Gasteiger partial charge in [0.25, 0.3) is 0 Å². The molecular weight excluding hydrogens is 260 g/mol. The number of hydrogen-bond acceptors (Lipinski definition) is 1. The molecular formula is C19H28S. The molecule has 0 unspecified atom stereocenters. The van der Waals surface area contributed by atoms with E-state index in [0.717, 1.165) is 12.2 Å². The Kier molecular flexibility index (Phi) is 6.61. The minimum absolute atomic E-state index is 0.237. The maximum Gasteiger partial charge on any atom is 0.0193 e.